The van der Waals surface area contributed by atoms with Crippen molar-refractivity contribution in [3.63, 3.8) is 0 Å². The third-order valence-corrected chi connectivity index (χ3v) is 5.77. The van der Waals surface area contributed by atoms with Crippen molar-refractivity contribution in [2.45, 2.75) is 38.5 Å². The SMILES string of the molecule is O=C(CCCCCNC(=O)c1cc(B2OCCCO2)cc(B2OCCCO2)c1)On1c(O)ccc1O. The molecule has 0 radical (unpaired) electrons. The topological polar surface area (TPSA) is 138 Å². The Morgan fingerprint density at radius 2 is 1.42 bits per heavy atom. The summed E-state index contributed by atoms with van der Waals surface area (Å²) in [5, 5.41) is 21.9. The van der Waals surface area contributed by atoms with Crippen LogP contribution in [0.3, 0.4) is 0 Å². The first-order chi connectivity index (χ1) is 17.5. The van der Waals surface area contributed by atoms with E-state index in [9.17, 15) is 19.8 Å². The van der Waals surface area contributed by atoms with Gasteiger partial charge in [0.05, 0.1) is 0 Å². The van der Waals surface area contributed by atoms with E-state index in [1.807, 2.05) is 6.07 Å². The van der Waals surface area contributed by atoms with Crippen molar-refractivity contribution in [2.24, 2.45) is 0 Å². The fraction of sp³-hybridized carbons (Fsp3) is 0.478. The molecule has 11 nitrogen and oxygen atoms in total. The smallest absolute Gasteiger partial charge is 0.492 e. The van der Waals surface area contributed by atoms with Crippen molar-refractivity contribution in [3.8, 4) is 11.8 Å². The zero-order valence-corrected chi connectivity index (χ0v) is 20.0. The van der Waals surface area contributed by atoms with Gasteiger partial charge in [-0.3, -0.25) is 4.79 Å². The van der Waals surface area contributed by atoms with Crippen LogP contribution in [0.25, 0.3) is 0 Å². The molecule has 3 heterocycles. The second-order valence-electron chi connectivity index (χ2n) is 8.62. The van der Waals surface area contributed by atoms with Crippen molar-refractivity contribution >= 4 is 37.0 Å². The Bertz CT molecular complexity index is 981. The summed E-state index contributed by atoms with van der Waals surface area (Å²) in [4.78, 5) is 29.7. The number of carbonyl (C=O) groups excluding carboxylic acids is 2. The van der Waals surface area contributed by atoms with Gasteiger partial charge in [-0.15, -0.1) is 4.73 Å². The Morgan fingerprint density at radius 3 is 1.97 bits per heavy atom. The highest BCUT2D eigenvalue weighted by molar-refractivity contribution is 6.65. The van der Waals surface area contributed by atoms with Gasteiger partial charge in [-0.25, -0.2) is 4.79 Å². The van der Waals surface area contributed by atoms with Crippen LogP contribution in [0.15, 0.2) is 30.3 Å². The summed E-state index contributed by atoms with van der Waals surface area (Å²) < 4.78 is 23.6. The predicted octanol–water partition coefficient (Wildman–Crippen LogP) is 0.109. The van der Waals surface area contributed by atoms with Gasteiger partial charge >= 0.3 is 20.2 Å². The molecule has 0 aliphatic carbocycles. The van der Waals surface area contributed by atoms with E-state index in [1.165, 1.54) is 12.1 Å². The second kappa shape index (κ2) is 12.8. The highest BCUT2D eigenvalue weighted by atomic mass is 16.7. The first-order valence-corrected chi connectivity index (χ1v) is 12.2. The number of amides is 1. The molecule has 13 heteroatoms. The first-order valence-electron chi connectivity index (χ1n) is 12.2. The number of rotatable bonds is 10. The molecule has 2 aliphatic heterocycles. The molecule has 36 heavy (non-hydrogen) atoms. The average Bonchev–Trinajstić information content (AvgIpc) is 3.23. The monoisotopic (exact) mass is 500 g/mol. The van der Waals surface area contributed by atoms with Gasteiger partial charge in [-0.2, -0.15) is 0 Å². The lowest BCUT2D eigenvalue weighted by Crippen LogP contribution is -2.47. The maximum absolute atomic E-state index is 12.9. The lowest BCUT2D eigenvalue weighted by molar-refractivity contribution is -0.145. The molecular weight excluding hydrogens is 470 g/mol. The minimum Gasteiger partial charge on any atom is -0.492 e. The Morgan fingerprint density at radius 1 is 0.861 bits per heavy atom. The quantitative estimate of drug-likeness (QED) is 0.307. The number of aromatic hydroxyl groups is 2. The van der Waals surface area contributed by atoms with Crippen LogP contribution in [0.1, 0.15) is 48.9 Å². The van der Waals surface area contributed by atoms with Gasteiger partial charge in [0.1, 0.15) is 0 Å². The van der Waals surface area contributed by atoms with E-state index in [0.29, 0.717) is 62.5 Å². The Hall–Kier alpha value is -2.99. The molecule has 1 aromatic carbocycles. The van der Waals surface area contributed by atoms with E-state index >= 15 is 0 Å². The highest BCUT2D eigenvalue weighted by Gasteiger charge is 2.30. The Kier molecular flexibility index (Phi) is 9.29. The van der Waals surface area contributed by atoms with Crippen molar-refractivity contribution in [3.05, 3.63) is 35.9 Å². The van der Waals surface area contributed by atoms with E-state index in [0.717, 1.165) is 23.8 Å². The van der Waals surface area contributed by atoms with E-state index in [2.05, 4.69) is 5.32 Å². The predicted molar refractivity (Wildman–Crippen MR) is 130 cm³/mol. The zero-order valence-electron chi connectivity index (χ0n) is 20.0. The molecule has 2 aromatic rings. The van der Waals surface area contributed by atoms with Gasteiger partial charge in [0.2, 0.25) is 11.8 Å². The number of hydrogen-bond acceptors (Lipinski definition) is 9. The average molecular weight is 500 g/mol. The molecule has 4 rings (SSSR count). The van der Waals surface area contributed by atoms with Crippen LogP contribution in [0.4, 0.5) is 0 Å². The minimum absolute atomic E-state index is 0.110. The molecule has 2 saturated heterocycles. The van der Waals surface area contributed by atoms with Gasteiger partial charge in [0.15, 0.2) is 0 Å². The molecule has 2 aliphatic rings. The number of unbranched alkanes of at least 4 members (excludes halogenated alkanes) is 2. The molecule has 0 spiro atoms. The largest absolute Gasteiger partial charge is 0.493 e. The second-order valence-corrected chi connectivity index (χ2v) is 8.62. The Balaban J connectivity index is 1.26. The molecule has 0 bridgehead atoms. The number of nitrogens with one attached hydrogen (secondary N) is 1. The van der Waals surface area contributed by atoms with Crippen LogP contribution in [-0.2, 0) is 23.4 Å². The van der Waals surface area contributed by atoms with Crippen molar-refractivity contribution in [1.82, 2.24) is 10.0 Å². The van der Waals surface area contributed by atoms with Crippen LogP contribution < -0.4 is 21.1 Å². The molecule has 3 N–H and O–H groups in total. The lowest BCUT2D eigenvalue weighted by Gasteiger charge is -2.23. The summed E-state index contributed by atoms with van der Waals surface area (Å²) in [7, 11) is -1.08. The molecular formula is C23H30B2N2O9. The molecule has 0 saturated carbocycles. The summed E-state index contributed by atoms with van der Waals surface area (Å²) in [6, 6.07) is 7.86. The van der Waals surface area contributed by atoms with E-state index in [4.69, 9.17) is 23.5 Å². The normalized spacial score (nSPS) is 16.1. The third-order valence-electron chi connectivity index (χ3n) is 5.77. The van der Waals surface area contributed by atoms with Gasteiger partial charge in [-0.1, -0.05) is 12.5 Å². The van der Waals surface area contributed by atoms with E-state index in [1.54, 1.807) is 12.1 Å². The summed E-state index contributed by atoms with van der Waals surface area (Å²) in [5.41, 5.74) is 1.95. The maximum Gasteiger partial charge on any atom is 0.493 e. The third kappa shape index (κ3) is 7.03. The van der Waals surface area contributed by atoms with Crippen LogP contribution in [-0.4, -0.2) is 74.0 Å². The number of benzene rings is 1. The van der Waals surface area contributed by atoms with Crippen molar-refractivity contribution < 1.29 is 43.3 Å². The molecule has 1 amide bonds. The van der Waals surface area contributed by atoms with Crippen molar-refractivity contribution in [2.75, 3.05) is 33.0 Å². The van der Waals surface area contributed by atoms with Gasteiger partial charge in [0.25, 0.3) is 5.91 Å². The summed E-state index contributed by atoms with van der Waals surface area (Å²) >= 11 is 0. The fourth-order valence-corrected chi connectivity index (χ4v) is 3.96. The standard InChI is InChI=1S/C23H30B2N2O9/c28-20-7-8-21(29)27(20)36-22(30)6-2-1-3-9-26-23(31)17-14-18(24-32-10-4-11-33-24)16-19(15-17)25-34-12-5-13-35-25/h7-8,14-16,28-29H,1-6,9-13H2,(H,26,31). The summed E-state index contributed by atoms with van der Waals surface area (Å²) in [6.07, 6.45) is 3.64. The number of carbonyl (C=O) groups is 2. The van der Waals surface area contributed by atoms with Gasteiger partial charge in [0, 0.05) is 57.1 Å². The van der Waals surface area contributed by atoms with Crippen LogP contribution in [0.2, 0.25) is 0 Å². The first kappa shape index (κ1) is 26.1. The maximum atomic E-state index is 12.9. The van der Waals surface area contributed by atoms with Crippen LogP contribution in [0, 0.1) is 0 Å². The van der Waals surface area contributed by atoms with Crippen LogP contribution in [0.5, 0.6) is 11.8 Å². The fourth-order valence-electron chi connectivity index (χ4n) is 3.96. The Labute approximate surface area is 209 Å². The van der Waals surface area contributed by atoms with Gasteiger partial charge < -0.3 is 39.0 Å². The van der Waals surface area contributed by atoms with Gasteiger partial charge in [-0.05, 0) is 48.7 Å². The molecule has 1 aromatic heterocycles. The summed E-state index contributed by atoms with van der Waals surface area (Å²) in [6.45, 7) is 2.80. The number of hydrogen-bond donors (Lipinski definition) is 3. The van der Waals surface area contributed by atoms with Crippen molar-refractivity contribution in [1.29, 1.82) is 0 Å². The molecule has 192 valence electrons. The molecule has 0 unspecified atom stereocenters. The molecule has 0 atom stereocenters. The zero-order chi connectivity index (χ0) is 25.3. The van der Waals surface area contributed by atoms with E-state index in [-0.39, 0.29) is 24.1 Å². The highest BCUT2D eigenvalue weighted by Crippen LogP contribution is 2.19. The van der Waals surface area contributed by atoms with Crippen LogP contribution >= 0.6 is 0 Å². The number of nitrogens with zero attached hydrogens (tertiary/aromatic N) is 1. The number of aromatic nitrogens is 1. The van der Waals surface area contributed by atoms with E-state index < -0.39 is 20.2 Å². The summed E-state index contributed by atoms with van der Waals surface area (Å²) in [5.74, 6) is -1.54. The lowest BCUT2D eigenvalue weighted by atomic mass is 9.70. The molecule has 2 fully saturated rings. The minimum atomic E-state index is -0.579.